The van der Waals surface area contributed by atoms with Gasteiger partial charge in [0.1, 0.15) is 5.75 Å². The number of aliphatic hydroxyl groups is 1. The van der Waals surface area contributed by atoms with Crippen LogP contribution in [0.4, 0.5) is 21.2 Å². The van der Waals surface area contributed by atoms with E-state index in [4.69, 9.17) is 9.47 Å². The molecule has 0 saturated carbocycles. The van der Waals surface area contributed by atoms with Crippen molar-refractivity contribution in [2.24, 2.45) is 5.92 Å². The minimum Gasteiger partial charge on any atom is -0.454 e. The molecule has 1 aromatic heterocycles. The molecule has 53 heavy (non-hydrogen) atoms. The molecule has 3 aliphatic rings. The number of ether oxygens (including phenoxy) is 2. The summed E-state index contributed by atoms with van der Waals surface area (Å²) >= 11 is 3.62. The molecular formula is C40H39BrFN5O5Si. The number of rotatable bonds is 9. The minimum atomic E-state index is -3.38. The number of para-hydroxylation sites is 3. The molecule has 4 heterocycles. The predicted molar refractivity (Wildman–Crippen MR) is 205 cm³/mol. The van der Waals surface area contributed by atoms with Gasteiger partial charge in [-0.25, -0.2) is 0 Å². The molecule has 1 saturated heterocycles. The summed E-state index contributed by atoms with van der Waals surface area (Å²) in [4.78, 5) is 32.5. The molecule has 10 nitrogen and oxygen atoms in total. The van der Waals surface area contributed by atoms with E-state index in [2.05, 4.69) is 26.2 Å². The van der Waals surface area contributed by atoms with Crippen LogP contribution in [0.5, 0.6) is 11.5 Å². The molecule has 0 unspecified atom stereocenters. The highest BCUT2D eigenvalue weighted by atomic mass is 79.9. The smallest absolute Gasteiger partial charge is 0.266 e. The van der Waals surface area contributed by atoms with Crippen molar-refractivity contribution in [3.05, 3.63) is 124 Å². The van der Waals surface area contributed by atoms with Crippen LogP contribution >= 0.6 is 15.9 Å². The van der Waals surface area contributed by atoms with Crippen LogP contribution in [0.15, 0.2) is 102 Å². The van der Waals surface area contributed by atoms with Crippen molar-refractivity contribution in [2.75, 3.05) is 16.4 Å². The van der Waals surface area contributed by atoms with E-state index in [0.717, 1.165) is 10.0 Å². The number of carbonyl (C=O) groups is 2. The number of anilines is 3. The fourth-order valence-corrected chi connectivity index (χ4v) is 11.3. The Labute approximate surface area is 316 Å². The number of aryl methyl sites for hydroxylation is 1. The second-order valence-electron chi connectivity index (χ2n) is 14.4. The maximum absolute atomic E-state index is 16.4. The molecule has 2 amide bonds. The SMILES string of the molecule is C[C@@H]1[C@@H]([Si](C)(C)F)[C@H](CCn2cc(CCO)nn2)O[C@@]12C(=O)N(Cc1cccc(N3C(=O)c4ccccc4Oc4ccccc43)c1)c1ccc(Br)cc12. The number of hydrogen-bond donors (Lipinski definition) is 1. The first kappa shape index (κ1) is 35.3. The van der Waals surface area contributed by atoms with Gasteiger partial charge in [0.05, 0.1) is 35.3 Å². The van der Waals surface area contributed by atoms with Crippen LogP contribution in [0.1, 0.15) is 40.5 Å². The fraction of sp³-hybridized carbons (Fsp3) is 0.300. The summed E-state index contributed by atoms with van der Waals surface area (Å²) < 4.78 is 32.0. The Kier molecular flexibility index (Phi) is 9.08. The number of hydrogen-bond acceptors (Lipinski definition) is 7. The molecule has 0 bridgehead atoms. The summed E-state index contributed by atoms with van der Waals surface area (Å²) in [5.41, 5.74) is 2.70. The Morgan fingerprint density at radius 2 is 1.74 bits per heavy atom. The summed E-state index contributed by atoms with van der Waals surface area (Å²) in [5.74, 6) is 0.112. The van der Waals surface area contributed by atoms with Crippen LogP contribution < -0.4 is 14.5 Å². The molecule has 13 heteroatoms. The summed E-state index contributed by atoms with van der Waals surface area (Å²) in [6, 6.07) is 28.0. The third kappa shape index (κ3) is 6.09. The van der Waals surface area contributed by atoms with Gasteiger partial charge in [-0.2, -0.15) is 0 Å². The Morgan fingerprint density at radius 1 is 0.962 bits per heavy atom. The van der Waals surface area contributed by atoms with E-state index < -0.39 is 31.6 Å². The summed E-state index contributed by atoms with van der Waals surface area (Å²) in [6.45, 7) is 5.93. The second kappa shape index (κ2) is 13.6. The van der Waals surface area contributed by atoms with Crippen molar-refractivity contribution in [3.63, 3.8) is 0 Å². The third-order valence-electron chi connectivity index (χ3n) is 10.7. The zero-order valence-corrected chi connectivity index (χ0v) is 32.2. The number of nitrogens with zero attached hydrogens (tertiary/aromatic N) is 5. The number of halogens is 2. The van der Waals surface area contributed by atoms with E-state index in [1.165, 1.54) is 0 Å². The quantitative estimate of drug-likeness (QED) is 0.119. The standard InChI is InChI=1S/C40H39BrFN5O5Si/c1-25-37(53(2,3)42)36(17-19-45-24-28(18-20-48)43-44-45)52-40(25)31-22-27(41)15-16-32(31)46(39(40)50)23-26-9-8-10-29(21-26)47-33-12-5-7-14-35(33)51-34-13-6-4-11-30(34)38(47)49/h4-16,21-22,24-25,36-37,48H,17-20,23H2,1-3H3/t25-,36+,37-,40+/m1/s1. The van der Waals surface area contributed by atoms with Crippen LogP contribution in [0, 0.1) is 5.92 Å². The maximum atomic E-state index is 16.4. The minimum absolute atomic E-state index is 0.0279. The van der Waals surface area contributed by atoms with Gasteiger partial charge in [0.15, 0.2) is 11.4 Å². The van der Waals surface area contributed by atoms with E-state index in [0.29, 0.717) is 64.8 Å². The van der Waals surface area contributed by atoms with Crippen LogP contribution in [-0.4, -0.2) is 53.0 Å². The summed E-state index contributed by atoms with van der Waals surface area (Å²) in [5, 5.41) is 17.6. The Morgan fingerprint density at radius 3 is 2.53 bits per heavy atom. The van der Waals surface area contributed by atoms with Gasteiger partial charge in [-0.3, -0.25) is 19.2 Å². The Bertz CT molecular complexity index is 2230. The molecule has 0 radical (unpaired) electrons. The van der Waals surface area contributed by atoms with Crippen molar-refractivity contribution in [1.29, 1.82) is 0 Å². The van der Waals surface area contributed by atoms with Gasteiger partial charge in [0, 0.05) is 53.0 Å². The first-order chi connectivity index (χ1) is 25.5. The van der Waals surface area contributed by atoms with E-state index in [1.54, 1.807) is 45.9 Å². The maximum Gasteiger partial charge on any atom is 0.266 e. The third-order valence-corrected chi connectivity index (χ3v) is 13.6. The largest absolute Gasteiger partial charge is 0.454 e. The molecule has 0 aliphatic carbocycles. The second-order valence-corrected chi connectivity index (χ2v) is 19.1. The van der Waals surface area contributed by atoms with Crippen LogP contribution in [0.3, 0.4) is 0 Å². The lowest BCUT2D eigenvalue weighted by Crippen LogP contribution is -2.45. The predicted octanol–water partition coefficient (Wildman–Crippen LogP) is 8.07. The molecule has 272 valence electrons. The lowest BCUT2D eigenvalue weighted by Gasteiger charge is -2.31. The zero-order chi connectivity index (χ0) is 37.1. The fourth-order valence-electron chi connectivity index (χ4n) is 8.42. The lowest BCUT2D eigenvalue weighted by atomic mass is 9.82. The monoisotopic (exact) mass is 795 g/mol. The number of benzene rings is 4. The summed E-state index contributed by atoms with van der Waals surface area (Å²) in [7, 11) is -3.38. The summed E-state index contributed by atoms with van der Waals surface area (Å²) in [6.07, 6.45) is 2.08. The van der Waals surface area contributed by atoms with Crippen molar-refractivity contribution in [3.8, 4) is 11.5 Å². The average molecular weight is 797 g/mol. The van der Waals surface area contributed by atoms with E-state index >= 15 is 8.90 Å². The normalized spacial score (nSPS) is 22.1. The van der Waals surface area contributed by atoms with Crippen molar-refractivity contribution in [2.45, 2.75) is 63.2 Å². The molecule has 1 N–H and O–H groups in total. The number of fused-ring (bicyclic) bond motifs is 4. The Balaban J connectivity index is 1.14. The number of aromatic nitrogens is 3. The van der Waals surface area contributed by atoms with Crippen molar-refractivity contribution < 1.29 is 28.3 Å². The van der Waals surface area contributed by atoms with Gasteiger partial charge in [-0.05, 0) is 79.7 Å². The van der Waals surface area contributed by atoms with Crippen LogP contribution in [0.25, 0.3) is 0 Å². The highest BCUT2D eigenvalue weighted by Gasteiger charge is 2.66. The van der Waals surface area contributed by atoms with Gasteiger partial charge >= 0.3 is 0 Å². The molecule has 3 aliphatic heterocycles. The molecule has 1 spiro atoms. The van der Waals surface area contributed by atoms with Crippen LogP contribution in [0.2, 0.25) is 18.6 Å². The molecule has 4 aromatic carbocycles. The van der Waals surface area contributed by atoms with Crippen LogP contribution in [-0.2, 0) is 34.6 Å². The average Bonchev–Trinajstić information content (AvgIpc) is 3.75. The number of aliphatic hydroxyl groups excluding tert-OH is 1. The van der Waals surface area contributed by atoms with Crippen molar-refractivity contribution >= 4 is 53.2 Å². The topological polar surface area (TPSA) is 110 Å². The van der Waals surface area contributed by atoms with Gasteiger partial charge in [0.25, 0.3) is 11.8 Å². The van der Waals surface area contributed by atoms with Gasteiger partial charge in [0.2, 0.25) is 8.41 Å². The van der Waals surface area contributed by atoms with Crippen molar-refractivity contribution in [1.82, 2.24) is 15.0 Å². The van der Waals surface area contributed by atoms with E-state index in [9.17, 15) is 9.90 Å². The van der Waals surface area contributed by atoms with Gasteiger partial charge in [-0.1, -0.05) is 64.5 Å². The molecule has 8 rings (SSSR count). The van der Waals surface area contributed by atoms with Gasteiger partial charge in [-0.15, -0.1) is 5.10 Å². The van der Waals surface area contributed by atoms with Gasteiger partial charge < -0.3 is 23.6 Å². The molecular weight excluding hydrogens is 757 g/mol. The molecule has 1 fully saturated rings. The lowest BCUT2D eigenvalue weighted by molar-refractivity contribution is -0.146. The number of amides is 2. The molecule has 5 aromatic rings. The molecule has 4 atom stereocenters. The zero-order valence-electron chi connectivity index (χ0n) is 29.6. The highest BCUT2D eigenvalue weighted by Crippen LogP contribution is 2.60. The van der Waals surface area contributed by atoms with E-state index in [1.807, 2.05) is 85.8 Å². The first-order valence-electron chi connectivity index (χ1n) is 17.8. The van der Waals surface area contributed by atoms with E-state index in [-0.39, 0.29) is 25.0 Å². The number of carbonyl (C=O) groups excluding carboxylic acids is 2. The first-order valence-corrected chi connectivity index (χ1v) is 21.5. The Hall–Kier alpha value is -4.69. The highest BCUT2D eigenvalue weighted by molar-refractivity contribution is 9.10.